The molecule has 8 heteroatoms. The van der Waals surface area contributed by atoms with Crippen molar-refractivity contribution >= 4 is 35.2 Å². The number of hydrogen-bond donors (Lipinski definition) is 2. The molecule has 0 saturated carbocycles. The van der Waals surface area contributed by atoms with Gasteiger partial charge in [0.15, 0.2) is 10.6 Å². The molecule has 0 saturated heterocycles. The van der Waals surface area contributed by atoms with Gasteiger partial charge >= 0.3 is 0 Å². The highest BCUT2D eigenvalue weighted by Gasteiger charge is 2.13. The van der Waals surface area contributed by atoms with E-state index in [2.05, 4.69) is 20.7 Å². The first-order chi connectivity index (χ1) is 14.2. The number of nitrogens with one attached hydrogen (secondary N) is 2. The molecule has 0 aliphatic carbocycles. The van der Waals surface area contributed by atoms with Crippen LogP contribution in [0.2, 0.25) is 0 Å². The van der Waals surface area contributed by atoms with Crippen molar-refractivity contribution in [2.45, 2.75) is 6.54 Å². The predicted molar refractivity (Wildman–Crippen MR) is 117 cm³/mol. The zero-order chi connectivity index (χ0) is 20.1. The molecular weight excluding hydrogens is 402 g/mol. The first kappa shape index (κ1) is 19.0. The number of thiophene rings is 1. The zero-order valence-corrected chi connectivity index (χ0v) is 16.9. The highest BCUT2D eigenvalue weighted by molar-refractivity contribution is 7.71. The number of rotatable bonds is 6. The van der Waals surface area contributed by atoms with Crippen LogP contribution in [0, 0.1) is 4.77 Å². The number of H-pyrrole nitrogens is 1. The molecule has 6 nitrogen and oxygen atoms in total. The summed E-state index contributed by atoms with van der Waals surface area (Å²) in [6, 6.07) is 23.3. The molecule has 0 bridgehead atoms. The number of aromatic nitrogens is 3. The van der Waals surface area contributed by atoms with Crippen LogP contribution in [0.3, 0.4) is 0 Å². The van der Waals surface area contributed by atoms with Crippen molar-refractivity contribution in [2.24, 2.45) is 5.10 Å². The van der Waals surface area contributed by atoms with Crippen LogP contribution in [0.15, 0.2) is 83.3 Å². The second-order valence-corrected chi connectivity index (χ2v) is 7.48. The average molecular weight is 420 g/mol. The van der Waals surface area contributed by atoms with Gasteiger partial charge in [0.05, 0.1) is 10.6 Å². The van der Waals surface area contributed by atoms with Crippen molar-refractivity contribution in [2.75, 3.05) is 0 Å². The summed E-state index contributed by atoms with van der Waals surface area (Å²) in [7, 11) is 0. The minimum absolute atomic E-state index is 0.0168. The lowest BCUT2D eigenvalue weighted by Gasteiger charge is -2.09. The lowest BCUT2D eigenvalue weighted by molar-refractivity contribution is -0.121. The van der Waals surface area contributed by atoms with E-state index in [-0.39, 0.29) is 12.5 Å². The fourth-order valence-electron chi connectivity index (χ4n) is 2.84. The number of carbonyl (C=O) groups is 1. The molecule has 4 rings (SSSR count). The largest absolute Gasteiger partial charge is 0.290 e. The molecule has 0 unspecified atom stereocenters. The normalized spacial score (nSPS) is 10.5. The van der Waals surface area contributed by atoms with Crippen LogP contribution in [-0.2, 0) is 11.3 Å². The Morgan fingerprint density at radius 1 is 1.03 bits per heavy atom. The SMILES string of the molecule is O=C(Cn1c(-c2cccs2)n[nH]c1=S)NN=C(c1ccccc1)c1ccccc1. The van der Waals surface area contributed by atoms with Crippen molar-refractivity contribution in [3.05, 3.63) is 94.1 Å². The lowest BCUT2D eigenvalue weighted by atomic mass is 10.0. The van der Waals surface area contributed by atoms with E-state index in [4.69, 9.17) is 12.2 Å². The highest BCUT2D eigenvalue weighted by Crippen LogP contribution is 2.22. The minimum atomic E-state index is -0.287. The Morgan fingerprint density at radius 3 is 2.28 bits per heavy atom. The van der Waals surface area contributed by atoms with Crippen LogP contribution in [-0.4, -0.2) is 26.4 Å². The second-order valence-electron chi connectivity index (χ2n) is 6.14. The van der Waals surface area contributed by atoms with Gasteiger partial charge in [0.25, 0.3) is 5.91 Å². The van der Waals surface area contributed by atoms with Gasteiger partial charge in [-0.2, -0.15) is 10.2 Å². The topological polar surface area (TPSA) is 75.1 Å². The van der Waals surface area contributed by atoms with Crippen LogP contribution in [0.25, 0.3) is 10.7 Å². The number of nitrogens with zero attached hydrogens (tertiary/aromatic N) is 3. The molecule has 0 spiro atoms. The minimum Gasteiger partial charge on any atom is -0.290 e. The van der Waals surface area contributed by atoms with E-state index in [9.17, 15) is 4.79 Å². The molecule has 144 valence electrons. The molecule has 0 aliphatic rings. The van der Waals surface area contributed by atoms with Crippen molar-refractivity contribution in [3.8, 4) is 10.7 Å². The predicted octanol–water partition coefficient (Wildman–Crippen LogP) is 4.24. The monoisotopic (exact) mass is 419 g/mol. The third-order valence-electron chi connectivity index (χ3n) is 4.19. The third-order valence-corrected chi connectivity index (χ3v) is 5.37. The number of hydrogen-bond acceptors (Lipinski definition) is 5. The molecule has 2 aromatic carbocycles. The van der Waals surface area contributed by atoms with Gasteiger partial charge in [0.2, 0.25) is 0 Å². The molecule has 0 aliphatic heterocycles. The fraction of sp³-hybridized carbons (Fsp3) is 0.0476. The van der Waals surface area contributed by atoms with Crippen molar-refractivity contribution in [1.29, 1.82) is 0 Å². The molecule has 0 fully saturated rings. The lowest BCUT2D eigenvalue weighted by Crippen LogP contribution is -2.25. The molecule has 2 N–H and O–H groups in total. The van der Waals surface area contributed by atoms with Gasteiger partial charge in [0.1, 0.15) is 6.54 Å². The van der Waals surface area contributed by atoms with Crippen molar-refractivity contribution in [1.82, 2.24) is 20.2 Å². The summed E-state index contributed by atoms with van der Waals surface area (Å²) in [5, 5.41) is 13.4. The van der Waals surface area contributed by atoms with Gasteiger partial charge in [-0.1, -0.05) is 66.7 Å². The van der Waals surface area contributed by atoms with Crippen LogP contribution < -0.4 is 5.43 Å². The Bertz CT molecular complexity index is 1140. The summed E-state index contributed by atoms with van der Waals surface area (Å²) in [5.41, 5.74) is 5.18. The fourth-order valence-corrected chi connectivity index (χ4v) is 3.76. The van der Waals surface area contributed by atoms with E-state index < -0.39 is 0 Å². The molecule has 29 heavy (non-hydrogen) atoms. The summed E-state index contributed by atoms with van der Waals surface area (Å²) in [4.78, 5) is 13.6. The average Bonchev–Trinajstić information content (AvgIpc) is 3.40. The Labute approximate surface area is 176 Å². The van der Waals surface area contributed by atoms with E-state index in [0.717, 1.165) is 16.0 Å². The Hall–Kier alpha value is -3.36. The summed E-state index contributed by atoms with van der Waals surface area (Å²) in [6.45, 7) is 0.0168. The highest BCUT2D eigenvalue weighted by atomic mass is 32.1. The first-order valence-corrected chi connectivity index (χ1v) is 10.2. The summed E-state index contributed by atoms with van der Waals surface area (Å²) in [5.74, 6) is 0.347. The maximum atomic E-state index is 12.6. The van der Waals surface area contributed by atoms with E-state index in [1.54, 1.807) is 4.57 Å². The van der Waals surface area contributed by atoms with Crippen LogP contribution >= 0.6 is 23.6 Å². The third kappa shape index (κ3) is 4.39. The standard InChI is InChI=1S/C21H17N5OS2/c27-18(14-26-20(24-25-21(26)28)17-12-7-13-29-17)22-23-19(15-8-3-1-4-9-15)16-10-5-2-6-11-16/h1-13H,14H2,(H,22,27)(H,25,28). The molecule has 0 atom stereocenters. The molecule has 0 radical (unpaired) electrons. The van der Waals surface area contributed by atoms with E-state index in [1.165, 1.54) is 11.3 Å². The summed E-state index contributed by atoms with van der Waals surface area (Å²) >= 11 is 6.82. The number of hydrazone groups is 1. The Kier molecular flexibility index (Phi) is 5.73. The quantitative estimate of drug-likeness (QED) is 0.279. The van der Waals surface area contributed by atoms with Gasteiger partial charge in [-0.3, -0.25) is 14.5 Å². The van der Waals surface area contributed by atoms with Crippen LogP contribution in [0.5, 0.6) is 0 Å². The molecule has 1 amide bonds. The summed E-state index contributed by atoms with van der Waals surface area (Å²) < 4.78 is 2.05. The number of aromatic amines is 1. The molecule has 4 aromatic rings. The molecule has 2 aromatic heterocycles. The number of carbonyl (C=O) groups excluding carboxylic acids is 1. The van der Waals surface area contributed by atoms with Gasteiger partial charge in [-0.25, -0.2) is 5.43 Å². The number of amides is 1. The maximum Gasteiger partial charge on any atom is 0.260 e. The van der Waals surface area contributed by atoms with E-state index in [1.807, 2.05) is 78.2 Å². The molecule has 2 heterocycles. The van der Waals surface area contributed by atoms with Crippen LogP contribution in [0.1, 0.15) is 11.1 Å². The first-order valence-electron chi connectivity index (χ1n) is 8.89. The van der Waals surface area contributed by atoms with Gasteiger partial charge in [-0.15, -0.1) is 11.3 Å². The summed E-state index contributed by atoms with van der Waals surface area (Å²) in [6.07, 6.45) is 0. The van der Waals surface area contributed by atoms with Gasteiger partial charge < -0.3 is 0 Å². The smallest absolute Gasteiger partial charge is 0.260 e. The number of benzene rings is 2. The maximum absolute atomic E-state index is 12.6. The van der Waals surface area contributed by atoms with Gasteiger partial charge in [0, 0.05) is 11.1 Å². The van der Waals surface area contributed by atoms with Crippen molar-refractivity contribution in [3.63, 3.8) is 0 Å². The zero-order valence-electron chi connectivity index (χ0n) is 15.3. The van der Waals surface area contributed by atoms with E-state index in [0.29, 0.717) is 16.3 Å². The van der Waals surface area contributed by atoms with E-state index >= 15 is 0 Å². The Balaban J connectivity index is 1.58. The molecular formula is C21H17N5OS2. The Morgan fingerprint density at radius 2 is 1.69 bits per heavy atom. The van der Waals surface area contributed by atoms with Gasteiger partial charge in [-0.05, 0) is 23.7 Å². The van der Waals surface area contributed by atoms with Crippen LogP contribution in [0.4, 0.5) is 0 Å². The van der Waals surface area contributed by atoms with Crippen molar-refractivity contribution < 1.29 is 4.79 Å². The second kappa shape index (κ2) is 8.76.